The molecule has 1 aromatic rings. The first-order chi connectivity index (χ1) is 9.36. The van der Waals surface area contributed by atoms with E-state index in [4.69, 9.17) is 11.6 Å². The van der Waals surface area contributed by atoms with Crippen LogP contribution in [0.15, 0.2) is 18.2 Å². The average Bonchev–Trinajstić information content (AvgIpc) is 2.40. The number of benzene rings is 1. The van der Waals surface area contributed by atoms with E-state index in [0.29, 0.717) is 22.8 Å². The Labute approximate surface area is 124 Å². The molecule has 2 N–H and O–H groups in total. The van der Waals surface area contributed by atoms with Crippen LogP contribution in [0.25, 0.3) is 0 Å². The van der Waals surface area contributed by atoms with Crippen LogP contribution in [0.5, 0.6) is 0 Å². The first-order valence-corrected chi connectivity index (χ1v) is 6.71. The minimum atomic E-state index is -0.190. The molecular weight excluding hydrogens is 278 g/mol. The maximum absolute atomic E-state index is 12.0. The summed E-state index contributed by atoms with van der Waals surface area (Å²) in [6.07, 6.45) is 0. The van der Waals surface area contributed by atoms with E-state index < -0.39 is 0 Å². The molecule has 1 unspecified atom stereocenters. The van der Waals surface area contributed by atoms with Crippen molar-refractivity contribution >= 4 is 29.1 Å². The topological polar surface area (TPSA) is 61.4 Å². The van der Waals surface area contributed by atoms with Gasteiger partial charge >= 0.3 is 0 Å². The Bertz CT molecular complexity index is 503. The van der Waals surface area contributed by atoms with Gasteiger partial charge in [-0.2, -0.15) is 0 Å². The van der Waals surface area contributed by atoms with Crippen LogP contribution in [0.1, 0.15) is 17.3 Å². The molecule has 0 saturated carbocycles. The van der Waals surface area contributed by atoms with Gasteiger partial charge in [-0.05, 0) is 25.2 Å². The fourth-order valence-corrected chi connectivity index (χ4v) is 1.83. The lowest BCUT2D eigenvalue weighted by Gasteiger charge is -2.15. The van der Waals surface area contributed by atoms with Gasteiger partial charge in [0.05, 0.1) is 10.7 Å². The molecule has 0 aromatic heterocycles. The molecule has 1 aromatic carbocycles. The standard InChI is InChI=1S/C14H20ClN3O2/c1-9(8-16-2)13(19)17-12-7-10(5-6-11(12)15)14(20)18(3)4/h5-7,9,16H,8H2,1-4H3,(H,17,19). The van der Waals surface area contributed by atoms with Crippen molar-refractivity contribution in [2.24, 2.45) is 5.92 Å². The zero-order chi connectivity index (χ0) is 15.3. The van der Waals surface area contributed by atoms with Gasteiger partial charge in [-0.25, -0.2) is 0 Å². The van der Waals surface area contributed by atoms with Gasteiger partial charge in [-0.15, -0.1) is 0 Å². The predicted molar refractivity (Wildman–Crippen MR) is 81.2 cm³/mol. The largest absolute Gasteiger partial charge is 0.345 e. The van der Waals surface area contributed by atoms with Gasteiger partial charge in [0.2, 0.25) is 5.91 Å². The molecule has 0 bridgehead atoms. The van der Waals surface area contributed by atoms with Crippen molar-refractivity contribution in [1.29, 1.82) is 0 Å². The quantitative estimate of drug-likeness (QED) is 0.872. The summed E-state index contributed by atoms with van der Waals surface area (Å²) >= 11 is 6.05. The maximum Gasteiger partial charge on any atom is 0.253 e. The van der Waals surface area contributed by atoms with Gasteiger partial charge in [0, 0.05) is 32.1 Å². The number of halogens is 1. The highest BCUT2D eigenvalue weighted by atomic mass is 35.5. The molecule has 2 amide bonds. The van der Waals surface area contributed by atoms with E-state index in [-0.39, 0.29) is 17.7 Å². The van der Waals surface area contributed by atoms with Crippen LogP contribution in [0.4, 0.5) is 5.69 Å². The zero-order valence-electron chi connectivity index (χ0n) is 12.2. The molecule has 0 fully saturated rings. The van der Waals surface area contributed by atoms with Gasteiger partial charge in [-0.1, -0.05) is 18.5 Å². The molecule has 20 heavy (non-hydrogen) atoms. The number of amides is 2. The molecule has 0 radical (unpaired) electrons. The highest BCUT2D eigenvalue weighted by molar-refractivity contribution is 6.33. The lowest BCUT2D eigenvalue weighted by atomic mass is 10.1. The molecule has 0 aliphatic carbocycles. The van der Waals surface area contributed by atoms with Crippen molar-refractivity contribution in [2.75, 3.05) is 33.0 Å². The number of hydrogen-bond acceptors (Lipinski definition) is 3. The number of nitrogens with zero attached hydrogens (tertiary/aromatic N) is 1. The number of rotatable bonds is 5. The Hall–Kier alpha value is -1.59. The van der Waals surface area contributed by atoms with E-state index >= 15 is 0 Å². The summed E-state index contributed by atoms with van der Waals surface area (Å²) in [7, 11) is 5.13. The first kappa shape index (κ1) is 16.5. The van der Waals surface area contributed by atoms with Crippen molar-refractivity contribution in [3.63, 3.8) is 0 Å². The number of hydrogen-bond donors (Lipinski definition) is 2. The third-order valence-electron chi connectivity index (χ3n) is 2.84. The Morgan fingerprint density at radius 1 is 1.35 bits per heavy atom. The lowest BCUT2D eigenvalue weighted by Crippen LogP contribution is -2.29. The summed E-state index contributed by atoms with van der Waals surface area (Å²) in [6.45, 7) is 2.38. The summed E-state index contributed by atoms with van der Waals surface area (Å²) in [5.74, 6) is -0.472. The number of anilines is 1. The second-order valence-electron chi connectivity index (χ2n) is 4.84. The van der Waals surface area contributed by atoms with Crippen LogP contribution in [-0.4, -0.2) is 44.4 Å². The molecule has 1 atom stereocenters. The van der Waals surface area contributed by atoms with Crippen LogP contribution in [0, 0.1) is 5.92 Å². The van der Waals surface area contributed by atoms with Crippen molar-refractivity contribution in [3.8, 4) is 0 Å². The molecule has 0 aliphatic heterocycles. The maximum atomic E-state index is 12.0. The Kier molecular flexibility index (Phi) is 5.98. The average molecular weight is 298 g/mol. The van der Waals surface area contributed by atoms with Crippen LogP contribution in [0.3, 0.4) is 0 Å². The number of carbonyl (C=O) groups excluding carboxylic acids is 2. The van der Waals surface area contributed by atoms with Gasteiger partial charge in [-0.3, -0.25) is 9.59 Å². The molecule has 1 rings (SSSR count). The van der Waals surface area contributed by atoms with Gasteiger partial charge in [0.25, 0.3) is 5.91 Å². The van der Waals surface area contributed by atoms with Crippen molar-refractivity contribution in [3.05, 3.63) is 28.8 Å². The van der Waals surface area contributed by atoms with Gasteiger partial charge < -0.3 is 15.5 Å². The molecule has 6 heteroatoms. The minimum absolute atomic E-state index is 0.138. The number of nitrogens with one attached hydrogen (secondary N) is 2. The predicted octanol–water partition coefficient (Wildman–Crippen LogP) is 1.84. The molecule has 110 valence electrons. The molecule has 0 aliphatic rings. The van der Waals surface area contributed by atoms with Crippen molar-refractivity contribution in [2.45, 2.75) is 6.92 Å². The normalized spacial score (nSPS) is 11.8. The van der Waals surface area contributed by atoms with Crippen LogP contribution in [-0.2, 0) is 4.79 Å². The Balaban J connectivity index is 2.92. The van der Waals surface area contributed by atoms with E-state index in [1.807, 2.05) is 6.92 Å². The smallest absolute Gasteiger partial charge is 0.253 e. The van der Waals surface area contributed by atoms with Gasteiger partial charge in [0.1, 0.15) is 0 Å². The molecule has 5 nitrogen and oxygen atoms in total. The summed E-state index contributed by atoms with van der Waals surface area (Å²) < 4.78 is 0. The lowest BCUT2D eigenvalue weighted by molar-refractivity contribution is -0.119. The zero-order valence-corrected chi connectivity index (χ0v) is 12.9. The Morgan fingerprint density at radius 3 is 2.55 bits per heavy atom. The molecule has 0 spiro atoms. The van der Waals surface area contributed by atoms with E-state index in [1.54, 1.807) is 39.3 Å². The van der Waals surface area contributed by atoms with Gasteiger partial charge in [0.15, 0.2) is 0 Å². The van der Waals surface area contributed by atoms with E-state index in [0.717, 1.165) is 0 Å². The summed E-state index contributed by atoms with van der Waals surface area (Å²) in [4.78, 5) is 25.3. The molecule has 0 saturated heterocycles. The highest BCUT2D eigenvalue weighted by Gasteiger charge is 2.15. The fraction of sp³-hybridized carbons (Fsp3) is 0.429. The van der Waals surface area contributed by atoms with E-state index in [9.17, 15) is 9.59 Å². The second-order valence-corrected chi connectivity index (χ2v) is 5.25. The number of carbonyl (C=O) groups is 2. The van der Waals surface area contributed by atoms with Crippen LogP contribution in [0.2, 0.25) is 5.02 Å². The third-order valence-corrected chi connectivity index (χ3v) is 3.16. The van der Waals surface area contributed by atoms with Crippen LogP contribution >= 0.6 is 11.6 Å². The summed E-state index contributed by atoms with van der Waals surface area (Å²) in [5, 5.41) is 6.09. The van der Waals surface area contributed by atoms with E-state index in [2.05, 4.69) is 10.6 Å². The minimum Gasteiger partial charge on any atom is -0.345 e. The van der Waals surface area contributed by atoms with Crippen molar-refractivity contribution in [1.82, 2.24) is 10.2 Å². The van der Waals surface area contributed by atoms with Crippen LogP contribution < -0.4 is 10.6 Å². The van der Waals surface area contributed by atoms with E-state index in [1.165, 1.54) is 4.90 Å². The monoisotopic (exact) mass is 297 g/mol. The first-order valence-electron chi connectivity index (χ1n) is 6.33. The summed E-state index contributed by atoms with van der Waals surface area (Å²) in [5.41, 5.74) is 0.934. The fourth-order valence-electron chi connectivity index (χ4n) is 1.67. The van der Waals surface area contributed by atoms with Crippen molar-refractivity contribution < 1.29 is 9.59 Å². The SMILES string of the molecule is CNCC(C)C(=O)Nc1cc(C(=O)N(C)C)ccc1Cl. The highest BCUT2D eigenvalue weighted by Crippen LogP contribution is 2.24. The summed E-state index contributed by atoms with van der Waals surface area (Å²) in [6, 6.07) is 4.84. The third kappa shape index (κ3) is 4.21. The Morgan fingerprint density at radius 2 is 2.00 bits per heavy atom. The molecule has 0 heterocycles. The molecular formula is C14H20ClN3O2. The second kappa shape index (κ2) is 7.26.